The molecule has 2 aromatic heterocycles. The lowest BCUT2D eigenvalue weighted by atomic mass is 10.2. The van der Waals surface area contributed by atoms with Gasteiger partial charge in [-0.05, 0) is 6.92 Å². The fraction of sp³-hybridized carbons (Fsp3) is 0.333. The van der Waals surface area contributed by atoms with Crippen LogP contribution in [0.4, 0.5) is 4.79 Å². The fourth-order valence-corrected chi connectivity index (χ4v) is 2.41. The van der Waals surface area contributed by atoms with Crippen molar-refractivity contribution >= 4 is 23.3 Å². The molecule has 0 bridgehead atoms. The minimum absolute atomic E-state index is 0.141. The summed E-state index contributed by atoms with van der Waals surface area (Å²) in [5.41, 5.74) is 0.640. The normalized spacial score (nSPS) is 11.9. The Balaban J connectivity index is 1.84. The summed E-state index contributed by atoms with van der Waals surface area (Å²) in [6, 6.07) is -1.55. The van der Waals surface area contributed by atoms with E-state index in [9.17, 15) is 9.59 Å². The summed E-state index contributed by atoms with van der Waals surface area (Å²) in [7, 11) is 0. The number of urea groups is 1. The van der Waals surface area contributed by atoms with Gasteiger partial charge in [0.15, 0.2) is 0 Å². The predicted octanol–water partition coefficient (Wildman–Crippen LogP) is 0.670. The zero-order valence-corrected chi connectivity index (χ0v) is 12.1. The number of carboxylic acid groups (broad SMARTS) is 1. The Kier molecular flexibility index (Phi) is 4.88. The first-order chi connectivity index (χ1) is 10.0. The molecule has 2 rings (SSSR count). The molecule has 0 spiro atoms. The molecular formula is C12H15N5O3S. The predicted molar refractivity (Wildman–Crippen MR) is 75.9 cm³/mol. The first-order valence-electron chi connectivity index (χ1n) is 6.20. The number of H-pyrrole nitrogens is 1. The molecule has 2 amide bonds. The van der Waals surface area contributed by atoms with Crippen LogP contribution in [0.5, 0.6) is 0 Å². The molecule has 2 heterocycles. The van der Waals surface area contributed by atoms with Gasteiger partial charge in [0, 0.05) is 29.4 Å². The van der Waals surface area contributed by atoms with Gasteiger partial charge in [0.25, 0.3) is 0 Å². The Hall–Kier alpha value is -2.42. The van der Waals surface area contributed by atoms with Gasteiger partial charge >= 0.3 is 12.0 Å². The fourth-order valence-electron chi connectivity index (χ4n) is 1.68. The molecule has 9 heteroatoms. The number of amides is 2. The Morgan fingerprint density at radius 3 is 2.86 bits per heavy atom. The van der Waals surface area contributed by atoms with E-state index in [1.165, 1.54) is 23.9 Å². The van der Waals surface area contributed by atoms with E-state index in [2.05, 4.69) is 25.6 Å². The summed E-state index contributed by atoms with van der Waals surface area (Å²) >= 11 is 1.48. The molecule has 0 radical (unpaired) electrons. The van der Waals surface area contributed by atoms with Gasteiger partial charge in [-0.3, -0.25) is 0 Å². The molecule has 21 heavy (non-hydrogen) atoms. The smallest absolute Gasteiger partial charge is 0.326 e. The highest BCUT2D eigenvalue weighted by Crippen LogP contribution is 2.10. The number of aliphatic carboxylic acids is 1. The number of aryl methyl sites for hydroxylation is 1. The average Bonchev–Trinajstić information content (AvgIpc) is 3.07. The van der Waals surface area contributed by atoms with Gasteiger partial charge in [0.05, 0.1) is 17.9 Å². The van der Waals surface area contributed by atoms with Crippen LogP contribution in [0.2, 0.25) is 0 Å². The molecule has 0 aliphatic rings. The Morgan fingerprint density at radius 2 is 2.29 bits per heavy atom. The molecule has 2 aromatic rings. The molecule has 112 valence electrons. The summed E-state index contributed by atoms with van der Waals surface area (Å²) in [5, 5.41) is 15.1. The van der Waals surface area contributed by atoms with Gasteiger partial charge < -0.3 is 20.7 Å². The number of carbonyl (C=O) groups excluding carboxylic acids is 1. The molecule has 0 aliphatic heterocycles. The number of aromatic nitrogens is 3. The maximum atomic E-state index is 11.7. The monoisotopic (exact) mass is 309 g/mol. The summed E-state index contributed by atoms with van der Waals surface area (Å²) in [5.74, 6) is -1.10. The van der Waals surface area contributed by atoms with Crippen molar-refractivity contribution in [3.8, 4) is 0 Å². The van der Waals surface area contributed by atoms with E-state index in [0.29, 0.717) is 12.2 Å². The Morgan fingerprint density at radius 1 is 1.48 bits per heavy atom. The summed E-state index contributed by atoms with van der Waals surface area (Å²) in [4.78, 5) is 34.5. The van der Waals surface area contributed by atoms with E-state index < -0.39 is 18.0 Å². The highest BCUT2D eigenvalue weighted by atomic mass is 32.1. The molecular weight excluding hydrogens is 294 g/mol. The van der Waals surface area contributed by atoms with E-state index in [0.717, 1.165) is 9.88 Å². The lowest BCUT2D eigenvalue weighted by molar-refractivity contribution is -0.139. The largest absolute Gasteiger partial charge is 0.480 e. The number of thiazole rings is 1. The number of imidazole rings is 1. The lowest BCUT2D eigenvalue weighted by Crippen LogP contribution is -2.46. The molecule has 0 aromatic carbocycles. The van der Waals surface area contributed by atoms with Crippen LogP contribution < -0.4 is 10.6 Å². The number of rotatable bonds is 6. The average molecular weight is 309 g/mol. The van der Waals surface area contributed by atoms with Crippen molar-refractivity contribution in [3.05, 3.63) is 34.3 Å². The van der Waals surface area contributed by atoms with Crippen LogP contribution in [0.1, 0.15) is 15.6 Å². The van der Waals surface area contributed by atoms with Crippen LogP contribution in [0.15, 0.2) is 18.7 Å². The van der Waals surface area contributed by atoms with Gasteiger partial charge in [-0.25, -0.2) is 19.6 Å². The minimum atomic E-state index is -1.10. The third-order valence-electron chi connectivity index (χ3n) is 2.67. The van der Waals surface area contributed by atoms with E-state index in [-0.39, 0.29) is 6.42 Å². The van der Waals surface area contributed by atoms with Crippen molar-refractivity contribution in [1.29, 1.82) is 0 Å². The van der Waals surface area contributed by atoms with E-state index >= 15 is 0 Å². The quantitative estimate of drug-likeness (QED) is 0.625. The van der Waals surface area contributed by atoms with Crippen LogP contribution in [0.25, 0.3) is 0 Å². The number of nitrogens with zero attached hydrogens (tertiary/aromatic N) is 2. The maximum Gasteiger partial charge on any atom is 0.326 e. The van der Waals surface area contributed by atoms with E-state index in [1.54, 1.807) is 6.20 Å². The molecule has 0 saturated heterocycles. The van der Waals surface area contributed by atoms with Crippen LogP contribution in [0.3, 0.4) is 0 Å². The van der Waals surface area contributed by atoms with Crippen molar-refractivity contribution in [2.75, 3.05) is 0 Å². The third kappa shape index (κ3) is 4.56. The van der Waals surface area contributed by atoms with Crippen molar-refractivity contribution < 1.29 is 14.7 Å². The second-order valence-electron chi connectivity index (χ2n) is 4.34. The number of aromatic amines is 1. The highest BCUT2D eigenvalue weighted by Gasteiger charge is 2.20. The summed E-state index contributed by atoms with van der Waals surface area (Å²) < 4.78 is 0. The van der Waals surface area contributed by atoms with Crippen LogP contribution in [0, 0.1) is 6.92 Å². The van der Waals surface area contributed by atoms with Gasteiger partial charge in [-0.15, -0.1) is 11.3 Å². The molecule has 0 saturated carbocycles. The lowest BCUT2D eigenvalue weighted by Gasteiger charge is -2.14. The summed E-state index contributed by atoms with van der Waals surface area (Å²) in [6.45, 7) is 2.19. The second-order valence-corrected chi connectivity index (χ2v) is 5.66. The van der Waals surface area contributed by atoms with Crippen LogP contribution in [-0.2, 0) is 17.8 Å². The van der Waals surface area contributed by atoms with Crippen LogP contribution in [-0.4, -0.2) is 38.1 Å². The maximum absolute atomic E-state index is 11.7. The van der Waals surface area contributed by atoms with E-state index in [4.69, 9.17) is 5.11 Å². The van der Waals surface area contributed by atoms with Crippen molar-refractivity contribution in [2.24, 2.45) is 0 Å². The zero-order valence-electron chi connectivity index (χ0n) is 11.3. The van der Waals surface area contributed by atoms with Gasteiger partial charge in [0.2, 0.25) is 0 Å². The molecule has 8 nitrogen and oxygen atoms in total. The second kappa shape index (κ2) is 6.84. The third-order valence-corrected chi connectivity index (χ3v) is 3.59. The SMILES string of the molecule is Cc1ncc(CNC(=O)N[C@@H](Cc2cnc[nH]2)C(=O)O)s1. The van der Waals surface area contributed by atoms with Crippen molar-refractivity contribution in [3.63, 3.8) is 0 Å². The Labute approximate surface area is 124 Å². The van der Waals surface area contributed by atoms with Gasteiger partial charge in [-0.2, -0.15) is 0 Å². The van der Waals surface area contributed by atoms with Crippen molar-refractivity contribution in [2.45, 2.75) is 25.9 Å². The topological polar surface area (TPSA) is 120 Å². The van der Waals surface area contributed by atoms with Crippen molar-refractivity contribution in [1.82, 2.24) is 25.6 Å². The molecule has 1 atom stereocenters. The molecule has 0 fully saturated rings. The number of carboxylic acids is 1. The Bertz CT molecular complexity index is 610. The minimum Gasteiger partial charge on any atom is -0.480 e. The number of hydrogen-bond donors (Lipinski definition) is 4. The molecule has 0 aliphatic carbocycles. The van der Waals surface area contributed by atoms with E-state index in [1.807, 2.05) is 6.92 Å². The number of carbonyl (C=O) groups is 2. The van der Waals surface area contributed by atoms with Gasteiger partial charge in [0.1, 0.15) is 6.04 Å². The zero-order chi connectivity index (χ0) is 15.2. The first kappa shape index (κ1) is 15.0. The van der Waals surface area contributed by atoms with Crippen LogP contribution >= 0.6 is 11.3 Å². The summed E-state index contributed by atoms with van der Waals surface area (Å²) in [6.07, 6.45) is 4.80. The molecule has 4 N–H and O–H groups in total. The number of hydrogen-bond acceptors (Lipinski definition) is 5. The highest BCUT2D eigenvalue weighted by molar-refractivity contribution is 7.11. The number of nitrogens with one attached hydrogen (secondary N) is 3. The van der Waals surface area contributed by atoms with Gasteiger partial charge in [-0.1, -0.05) is 0 Å². The standard InChI is InChI=1S/C12H15N5O3S/c1-7-14-4-9(21-7)5-15-12(20)17-10(11(18)19)2-8-3-13-6-16-8/h3-4,6,10H,2,5H2,1H3,(H,13,16)(H,18,19)(H2,15,17,20)/t10-/m0/s1. The first-order valence-corrected chi connectivity index (χ1v) is 7.02. The molecule has 0 unspecified atom stereocenters.